The summed E-state index contributed by atoms with van der Waals surface area (Å²) in [7, 11) is 0. The molecule has 0 saturated carbocycles. The Bertz CT molecular complexity index is 437. The van der Waals surface area contributed by atoms with Crippen LogP contribution in [0.25, 0.3) is 0 Å². The topological polar surface area (TPSA) is 30.5 Å². The molecule has 1 heterocycles. The lowest BCUT2D eigenvalue weighted by Gasteiger charge is -2.22. The molecule has 0 radical (unpaired) electrons. The molecule has 112 valence electrons. The molecule has 2 rings (SSSR count). The van der Waals surface area contributed by atoms with Gasteiger partial charge >= 0.3 is 0 Å². The average Bonchev–Trinajstić information content (AvgIpc) is 2.87. The number of hydrogen-bond donors (Lipinski definition) is 1. The van der Waals surface area contributed by atoms with Gasteiger partial charge < -0.3 is 14.8 Å². The van der Waals surface area contributed by atoms with Crippen LogP contribution in [0.15, 0.2) is 18.2 Å². The highest BCUT2D eigenvalue weighted by molar-refractivity contribution is 5.34. The minimum Gasteiger partial charge on any atom is -0.493 e. The third kappa shape index (κ3) is 4.76. The van der Waals surface area contributed by atoms with E-state index in [2.05, 4.69) is 26.1 Å². The van der Waals surface area contributed by atoms with Crippen LogP contribution in [0, 0.1) is 11.7 Å². The van der Waals surface area contributed by atoms with Crippen LogP contribution in [0.1, 0.15) is 32.8 Å². The lowest BCUT2D eigenvalue weighted by atomic mass is 10.1. The Labute approximate surface area is 120 Å². The molecule has 1 aromatic rings. The largest absolute Gasteiger partial charge is 0.493 e. The van der Waals surface area contributed by atoms with Crippen molar-refractivity contribution < 1.29 is 13.9 Å². The molecule has 20 heavy (non-hydrogen) atoms. The summed E-state index contributed by atoms with van der Waals surface area (Å²) in [6.45, 7) is 9.06. The van der Waals surface area contributed by atoms with E-state index in [1.54, 1.807) is 12.1 Å². The van der Waals surface area contributed by atoms with Crippen molar-refractivity contribution in [2.24, 2.45) is 5.92 Å². The van der Waals surface area contributed by atoms with E-state index in [4.69, 9.17) is 9.47 Å². The van der Waals surface area contributed by atoms with Crippen molar-refractivity contribution in [2.75, 3.05) is 19.8 Å². The van der Waals surface area contributed by atoms with Crippen molar-refractivity contribution in [3.8, 4) is 5.75 Å². The van der Waals surface area contributed by atoms with Gasteiger partial charge in [-0.15, -0.1) is 0 Å². The van der Waals surface area contributed by atoms with E-state index in [-0.39, 0.29) is 11.4 Å². The minimum absolute atomic E-state index is 0.0110. The Morgan fingerprint density at radius 2 is 2.20 bits per heavy atom. The van der Waals surface area contributed by atoms with E-state index in [1.807, 2.05) is 0 Å². The monoisotopic (exact) mass is 281 g/mol. The maximum atomic E-state index is 13.4. The van der Waals surface area contributed by atoms with Gasteiger partial charge in [0.15, 0.2) is 0 Å². The number of ether oxygens (including phenoxy) is 2. The third-order valence-corrected chi connectivity index (χ3v) is 3.33. The normalized spacial score (nSPS) is 19.3. The van der Waals surface area contributed by atoms with Crippen molar-refractivity contribution in [1.82, 2.24) is 5.32 Å². The maximum absolute atomic E-state index is 13.4. The van der Waals surface area contributed by atoms with Crippen LogP contribution in [0.4, 0.5) is 4.39 Å². The fourth-order valence-electron chi connectivity index (χ4n) is 2.11. The predicted octanol–water partition coefficient (Wildman–Crippen LogP) is 3.13. The maximum Gasteiger partial charge on any atom is 0.123 e. The van der Waals surface area contributed by atoms with Crippen molar-refractivity contribution in [2.45, 2.75) is 39.3 Å². The zero-order chi connectivity index (χ0) is 14.6. The summed E-state index contributed by atoms with van der Waals surface area (Å²) in [5, 5.41) is 3.36. The number of rotatable bonds is 5. The second-order valence-corrected chi connectivity index (χ2v) is 6.40. The smallest absolute Gasteiger partial charge is 0.123 e. The zero-order valence-electron chi connectivity index (χ0n) is 12.5. The lowest BCUT2D eigenvalue weighted by molar-refractivity contribution is 0.166. The van der Waals surface area contributed by atoms with Crippen molar-refractivity contribution in [3.05, 3.63) is 29.6 Å². The van der Waals surface area contributed by atoms with Gasteiger partial charge in [-0.3, -0.25) is 0 Å². The highest BCUT2D eigenvalue weighted by Gasteiger charge is 2.17. The molecular weight excluding hydrogens is 257 g/mol. The molecule has 0 amide bonds. The first-order valence-corrected chi connectivity index (χ1v) is 7.18. The second kappa shape index (κ2) is 6.55. The fraction of sp³-hybridized carbons (Fsp3) is 0.625. The van der Waals surface area contributed by atoms with E-state index in [0.717, 1.165) is 30.9 Å². The fourth-order valence-corrected chi connectivity index (χ4v) is 2.11. The molecule has 1 unspecified atom stereocenters. The second-order valence-electron chi connectivity index (χ2n) is 6.40. The molecule has 1 aliphatic heterocycles. The van der Waals surface area contributed by atoms with Gasteiger partial charge in [0.2, 0.25) is 0 Å². The molecular formula is C16H24FNO2. The van der Waals surface area contributed by atoms with Gasteiger partial charge in [0.1, 0.15) is 11.6 Å². The highest BCUT2D eigenvalue weighted by Crippen LogP contribution is 2.22. The van der Waals surface area contributed by atoms with Gasteiger partial charge in [-0.1, -0.05) is 0 Å². The van der Waals surface area contributed by atoms with Crippen LogP contribution in [0.3, 0.4) is 0 Å². The standard InChI is InChI=1S/C16H24FNO2/c1-16(2,3)18-9-13-8-14(17)4-5-15(13)20-11-12-6-7-19-10-12/h4-5,8,12,18H,6-7,9-11H2,1-3H3. The number of benzene rings is 1. The van der Waals surface area contributed by atoms with Crippen LogP contribution in [-0.4, -0.2) is 25.4 Å². The third-order valence-electron chi connectivity index (χ3n) is 3.33. The van der Waals surface area contributed by atoms with Crippen LogP contribution in [-0.2, 0) is 11.3 Å². The number of hydrogen-bond acceptors (Lipinski definition) is 3. The molecule has 1 atom stereocenters. The van der Waals surface area contributed by atoms with E-state index < -0.39 is 0 Å². The van der Waals surface area contributed by atoms with Gasteiger partial charge in [0, 0.05) is 30.2 Å². The summed E-state index contributed by atoms with van der Waals surface area (Å²) in [6, 6.07) is 4.70. The van der Waals surface area contributed by atoms with E-state index in [0.29, 0.717) is 19.1 Å². The van der Waals surface area contributed by atoms with Gasteiger partial charge in [0.05, 0.1) is 13.2 Å². The minimum atomic E-state index is -0.229. The van der Waals surface area contributed by atoms with E-state index in [1.165, 1.54) is 6.07 Å². The summed E-state index contributed by atoms with van der Waals surface area (Å²) in [5.41, 5.74) is 0.849. The van der Waals surface area contributed by atoms with Gasteiger partial charge in [-0.05, 0) is 45.4 Å². The van der Waals surface area contributed by atoms with Gasteiger partial charge in [-0.25, -0.2) is 4.39 Å². The molecule has 0 bridgehead atoms. The van der Waals surface area contributed by atoms with Crippen molar-refractivity contribution >= 4 is 0 Å². The molecule has 1 fully saturated rings. The first-order chi connectivity index (χ1) is 9.44. The van der Waals surface area contributed by atoms with E-state index in [9.17, 15) is 4.39 Å². The molecule has 4 heteroatoms. The Balaban J connectivity index is 1.99. The molecule has 0 aliphatic carbocycles. The first kappa shape index (κ1) is 15.3. The molecule has 3 nitrogen and oxygen atoms in total. The SMILES string of the molecule is CC(C)(C)NCc1cc(F)ccc1OCC1CCOC1. The van der Waals surface area contributed by atoms with Crippen LogP contribution in [0.5, 0.6) is 5.75 Å². The number of nitrogens with one attached hydrogen (secondary N) is 1. The molecule has 1 aliphatic rings. The summed E-state index contributed by atoms with van der Waals surface area (Å²) in [6.07, 6.45) is 1.04. The summed E-state index contributed by atoms with van der Waals surface area (Å²) in [4.78, 5) is 0. The van der Waals surface area contributed by atoms with Gasteiger partial charge in [-0.2, -0.15) is 0 Å². The van der Waals surface area contributed by atoms with E-state index >= 15 is 0 Å². The average molecular weight is 281 g/mol. The molecule has 1 saturated heterocycles. The van der Waals surface area contributed by atoms with Crippen molar-refractivity contribution in [1.29, 1.82) is 0 Å². The zero-order valence-corrected chi connectivity index (χ0v) is 12.5. The molecule has 1 aromatic carbocycles. The molecule has 0 aromatic heterocycles. The first-order valence-electron chi connectivity index (χ1n) is 7.18. The van der Waals surface area contributed by atoms with Gasteiger partial charge in [0.25, 0.3) is 0 Å². The Hall–Kier alpha value is -1.13. The van der Waals surface area contributed by atoms with Crippen LogP contribution >= 0.6 is 0 Å². The summed E-state index contributed by atoms with van der Waals surface area (Å²) in [5.74, 6) is 0.978. The molecule has 0 spiro atoms. The quantitative estimate of drug-likeness (QED) is 0.899. The molecule has 1 N–H and O–H groups in total. The lowest BCUT2D eigenvalue weighted by Crippen LogP contribution is -2.35. The summed E-state index contributed by atoms with van der Waals surface area (Å²) >= 11 is 0. The van der Waals surface area contributed by atoms with Crippen LogP contribution < -0.4 is 10.1 Å². The van der Waals surface area contributed by atoms with Crippen molar-refractivity contribution in [3.63, 3.8) is 0 Å². The number of halogens is 1. The Kier molecular flexibility index (Phi) is 5.00. The highest BCUT2D eigenvalue weighted by atomic mass is 19.1. The van der Waals surface area contributed by atoms with Crippen LogP contribution in [0.2, 0.25) is 0 Å². The predicted molar refractivity (Wildman–Crippen MR) is 77.4 cm³/mol. The Morgan fingerprint density at radius 3 is 2.85 bits per heavy atom. The Morgan fingerprint density at radius 1 is 1.40 bits per heavy atom. The summed E-state index contributed by atoms with van der Waals surface area (Å²) < 4.78 is 24.6.